The van der Waals surface area contributed by atoms with Crippen LogP contribution < -0.4 is 10.1 Å². The number of para-hydroxylation sites is 1. The zero-order chi connectivity index (χ0) is 16.4. The number of halogens is 5. The Morgan fingerprint density at radius 2 is 2.04 bits per heavy atom. The largest absolute Gasteiger partial charge is 0.573 e. The standard InChI is InChI=1S/C14H16F4N2O2.ClH/c1-20(12(21)13(15)6-7-19-9-13)8-10-4-2-3-5-11(10)22-14(16,17)18;/h2-5,19H,6-9H2,1H3;1H. The Morgan fingerprint density at radius 1 is 1.39 bits per heavy atom. The van der Waals surface area contributed by atoms with Gasteiger partial charge in [-0.15, -0.1) is 25.6 Å². The van der Waals surface area contributed by atoms with E-state index in [-0.39, 0.29) is 37.5 Å². The van der Waals surface area contributed by atoms with Crippen molar-refractivity contribution in [2.45, 2.75) is 25.0 Å². The van der Waals surface area contributed by atoms with Crippen molar-refractivity contribution in [1.29, 1.82) is 0 Å². The third-order valence-corrected chi connectivity index (χ3v) is 3.44. The minimum atomic E-state index is -4.82. The second-order valence-electron chi connectivity index (χ2n) is 5.21. The smallest absolute Gasteiger partial charge is 0.405 e. The molecule has 23 heavy (non-hydrogen) atoms. The summed E-state index contributed by atoms with van der Waals surface area (Å²) >= 11 is 0. The minimum absolute atomic E-state index is 0. The van der Waals surface area contributed by atoms with Crippen LogP contribution in [-0.2, 0) is 11.3 Å². The number of carbonyl (C=O) groups excluding carboxylic acids is 1. The van der Waals surface area contributed by atoms with E-state index in [4.69, 9.17) is 0 Å². The minimum Gasteiger partial charge on any atom is -0.405 e. The first-order chi connectivity index (χ1) is 10.2. The maximum Gasteiger partial charge on any atom is 0.573 e. The highest BCUT2D eigenvalue weighted by Gasteiger charge is 2.43. The molecule has 1 aliphatic heterocycles. The van der Waals surface area contributed by atoms with E-state index in [0.29, 0.717) is 6.54 Å². The molecule has 2 rings (SSSR count). The molecule has 0 aromatic heterocycles. The number of hydrogen-bond donors (Lipinski definition) is 1. The van der Waals surface area contributed by atoms with Crippen LogP contribution in [0.1, 0.15) is 12.0 Å². The summed E-state index contributed by atoms with van der Waals surface area (Å²) in [6.07, 6.45) is -4.77. The molecule has 1 aliphatic rings. The van der Waals surface area contributed by atoms with Crippen molar-refractivity contribution >= 4 is 18.3 Å². The Morgan fingerprint density at radius 3 is 2.61 bits per heavy atom. The van der Waals surface area contributed by atoms with Crippen LogP contribution in [0.25, 0.3) is 0 Å². The lowest BCUT2D eigenvalue weighted by Crippen LogP contribution is -2.45. The summed E-state index contributed by atoms with van der Waals surface area (Å²) in [6.45, 7) is 0.136. The second-order valence-corrected chi connectivity index (χ2v) is 5.21. The molecule has 1 aromatic rings. The molecular formula is C14H17ClF4N2O2. The molecule has 0 spiro atoms. The van der Waals surface area contributed by atoms with E-state index < -0.39 is 23.7 Å². The zero-order valence-corrected chi connectivity index (χ0v) is 13.1. The van der Waals surface area contributed by atoms with E-state index in [2.05, 4.69) is 10.1 Å². The Kier molecular flexibility index (Phi) is 6.24. The molecule has 0 bridgehead atoms. The summed E-state index contributed by atoms with van der Waals surface area (Å²) in [7, 11) is 1.35. The number of alkyl halides is 4. The molecule has 1 fully saturated rings. The number of carbonyl (C=O) groups is 1. The van der Waals surface area contributed by atoms with E-state index in [0.717, 1.165) is 11.0 Å². The fraction of sp³-hybridized carbons (Fsp3) is 0.500. The first kappa shape index (κ1) is 19.5. The van der Waals surface area contributed by atoms with Crippen molar-refractivity contribution in [3.8, 4) is 5.75 Å². The zero-order valence-electron chi connectivity index (χ0n) is 12.3. The fourth-order valence-corrected chi connectivity index (χ4v) is 2.37. The number of rotatable bonds is 4. The van der Waals surface area contributed by atoms with Crippen LogP contribution in [0.15, 0.2) is 24.3 Å². The van der Waals surface area contributed by atoms with Crippen LogP contribution in [0.5, 0.6) is 5.75 Å². The van der Waals surface area contributed by atoms with Gasteiger partial charge < -0.3 is 15.0 Å². The first-order valence-electron chi connectivity index (χ1n) is 6.70. The molecule has 1 unspecified atom stereocenters. The monoisotopic (exact) mass is 356 g/mol. The lowest BCUT2D eigenvalue weighted by molar-refractivity contribution is -0.275. The molecule has 0 saturated carbocycles. The molecule has 1 heterocycles. The number of nitrogens with one attached hydrogen (secondary N) is 1. The van der Waals surface area contributed by atoms with Gasteiger partial charge in [0, 0.05) is 32.1 Å². The molecule has 1 saturated heterocycles. The summed E-state index contributed by atoms with van der Waals surface area (Å²) in [5, 5.41) is 2.76. The number of nitrogens with zero attached hydrogens (tertiary/aromatic N) is 1. The van der Waals surface area contributed by atoms with Crippen molar-refractivity contribution in [2.24, 2.45) is 0 Å². The Hall–Kier alpha value is -1.54. The van der Waals surface area contributed by atoms with Crippen LogP contribution >= 0.6 is 12.4 Å². The topological polar surface area (TPSA) is 41.6 Å². The molecule has 130 valence electrons. The quantitative estimate of drug-likeness (QED) is 0.843. The summed E-state index contributed by atoms with van der Waals surface area (Å²) in [5.41, 5.74) is -1.85. The molecule has 1 aromatic carbocycles. The van der Waals surface area contributed by atoms with Gasteiger partial charge in [0.1, 0.15) is 5.75 Å². The van der Waals surface area contributed by atoms with E-state index in [1.165, 1.54) is 25.2 Å². The van der Waals surface area contributed by atoms with Gasteiger partial charge in [-0.1, -0.05) is 18.2 Å². The van der Waals surface area contributed by atoms with Gasteiger partial charge in [0.05, 0.1) is 0 Å². The van der Waals surface area contributed by atoms with Crippen LogP contribution in [0, 0.1) is 0 Å². The Balaban J connectivity index is 0.00000264. The van der Waals surface area contributed by atoms with Crippen molar-refractivity contribution < 1.29 is 27.1 Å². The lowest BCUT2D eigenvalue weighted by atomic mass is 10.0. The van der Waals surface area contributed by atoms with Gasteiger partial charge in [-0.2, -0.15) is 0 Å². The predicted octanol–water partition coefficient (Wildman–Crippen LogP) is 2.67. The molecule has 1 N–H and O–H groups in total. The summed E-state index contributed by atoms with van der Waals surface area (Å²) < 4.78 is 55.3. The van der Waals surface area contributed by atoms with E-state index in [9.17, 15) is 22.4 Å². The third-order valence-electron chi connectivity index (χ3n) is 3.44. The average Bonchev–Trinajstić information content (AvgIpc) is 2.86. The van der Waals surface area contributed by atoms with Crippen molar-refractivity contribution in [3.63, 3.8) is 0 Å². The predicted molar refractivity (Wildman–Crippen MR) is 78.2 cm³/mol. The van der Waals surface area contributed by atoms with Gasteiger partial charge in [-0.3, -0.25) is 4.79 Å². The highest BCUT2D eigenvalue weighted by molar-refractivity contribution is 5.86. The number of benzene rings is 1. The highest BCUT2D eigenvalue weighted by atomic mass is 35.5. The van der Waals surface area contributed by atoms with Crippen LogP contribution in [0.4, 0.5) is 17.6 Å². The van der Waals surface area contributed by atoms with Gasteiger partial charge >= 0.3 is 6.36 Å². The first-order valence-corrected chi connectivity index (χ1v) is 6.70. The maximum atomic E-state index is 14.4. The molecule has 1 amide bonds. The van der Waals surface area contributed by atoms with Crippen molar-refractivity contribution in [2.75, 3.05) is 20.1 Å². The number of ether oxygens (including phenoxy) is 1. The van der Waals surface area contributed by atoms with E-state index in [1.54, 1.807) is 0 Å². The molecule has 0 radical (unpaired) electrons. The summed E-state index contributed by atoms with van der Waals surface area (Å²) in [4.78, 5) is 13.2. The summed E-state index contributed by atoms with van der Waals surface area (Å²) in [6, 6.07) is 5.48. The third kappa shape index (κ3) is 4.97. The molecule has 0 aliphatic carbocycles. The molecular weight excluding hydrogens is 340 g/mol. The van der Waals surface area contributed by atoms with Crippen molar-refractivity contribution in [1.82, 2.24) is 10.2 Å². The summed E-state index contributed by atoms with van der Waals surface area (Å²) in [5.74, 6) is -1.15. The number of amides is 1. The van der Waals surface area contributed by atoms with E-state index in [1.807, 2.05) is 0 Å². The second kappa shape index (κ2) is 7.35. The van der Waals surface area contributed by atoms with Crippen LogP contribution in [0.3, 0.4) is 0 Å². The molecule has 1 atom stereocenters. The highest BCUT2D eigenvalue weighted by Crippen LogP contribution is 2.28. The normalized spacial score (nSPS) is 20.7. The van der Waals surface area contributed by atoms with Gasteiger partial charge in [-0.25, -0.2) is 4.39 Å². The Labute approximate surface area is 137 Å². The van der Waals surface area contributed by atoms with E-state index >= 15 is 0 Å². The van der Waals surface area contributed by atoms with Gasteiger partial charge in [0.25, 0.3) is 5.91 Å². The SMILES string of the molecule is CN(Cc1ccccc1OC(F)(F)F)C(=O)C1(F)CCNC1.Cl. The van der Waals surface area contributed by atoms with Gasteiger partial charge in [0.2, 0.25) is 5.67 Å². The Bertz CT molecular complexity index is 548. The van der Waals surface area contributed by atoms with Gasteiger partial charge in [-0.05, 0) is 12.6 Å². The lowest BCUT2D eigenvalue weighted by Gasteiger charge is -2.26. The average molecular weight is 357 g/mol. The fourth-order valence-electron chi connectivity index (χ4n) is 2.37. The molecule has 9 heteroatoms. The molecule has 4 nitrogen and oxygen atoms in total. The van der Waals surface area contributed by atoms with Crippen LogP contribution in [-0.4, -0.2) is 43.0 Å². The maximum absolute atomic E-state index is 14.4. The number of hydrogen-bond acceptors (Lipinski definition) is 3. The van der Waals surface area contributed by atoms with Gasteiger partial charge in [0.15, 0.2) is 0 Å². The van der Waals surface area contributed by atoms with Crippen LogP contribution in [0.2, 0.25) is 0 Å². The van der Waals surface area contributed by atoms with Crippen molar-refractivity contribution in [3.05, 3.63) is 29.8 Å².